The van der Waals surface area contributed by atoms with E-state index in [0.717, 1.165) is 0 Å². The zero-order valence-electron chi connectivity index (χ0n) is 16.4. The van der Waals surface area contributed by atoms with E-state index in [2.05, 4.69) is 0 Å². The Morgan fingerprint density at radius 3 is 2.14 bits per heavy atom. The van der Waals surface area contributed by atoms with Gasteiger partial charge in [-0.05, 0) is 12.1 Å². The Hall–Kier alpha value is -4.08. The topological polar surface area (TPSA) is 122 Å². The Balaban J connectivity index is 2.19. The molecule has 0 spiro atoms. The average Bonchev–Trinajstić information content (AvgIpc) is 2.72. The molecule has 0 atom stereocenters. The second kappa shape index (κ2) is 8.61. The molecule has 0 aliphatic heterocycles. The first-order chi connectivity index (χ1) is 16.0. The summed E-state index contributed by atoms with van der Waals surface area (Å²) in [5.41, 5.74) is -8.86. The number of nitro benzene ring substituents is 1. The van der Waals surface area contributed by atoms with Gasteiger partial charge in [-0.25, -0.2) is 18.4 Å². The number of benzene rings is 2. The molecule has 0 fully saturated rings. The molecule has 186 valence electrons. The Morgan fingerprint density at radius 2 is 1.60 bits per heavy atom. The predicted octanol–water partition coefficient (Wildman–Crippen LogP) is 4.24. The summed E-state index contributed by atoms with van der Waals surface area (Å²) in [6.45, 7) is 0. The number of nitrogens with two attached hydrogens (primary N) is 1. The Morgan fingerprint density at radius 1 is 0.971 bits per heavy atom. The maximum absolute atomic E-state index is 14.5. The van der Waals surface area contributed by atoms with Crippen molar-refractivity contribution in [2.24, 2.45) is 0 Å². The molecule has 0 radical (unpaired) electrons. The first-order valence-corrected chi connectivity index (χ1v) is 9.14. The van der Waals surface area contributed by atoms with Crippen LogP contribution in [-0.4, -0.2) is 14.2 Å². The van der Waals surface area contributed by atoms with E-state index in [1.165, 1.54) is 0 Å². The summed E-state index contributed by atoms with van der Waals surface area (Å²) in [4.78, 5) is 34.3. The van der Waals surface area contributed by atoms with Crippen LogP contribution in [0.4, 0.5) is 36.4 Å². The van der Waals surface area contributed by atoms with E-state index in [4.69, 9.17) is 22.2 Å². The van der Waals surface area contributed by atoms with Crippen LogP contribution in [0.15, 0.2) is 46.0 Å². The molecule has 1 aromatic heterocycles. The van der Waals surface area contributed by atoms with Gasteiger partial charge in [-0.3, -0.25) is 14.9 Å². The van der Waals surface area contributed by atoms with Crippen LogP contribution in [0.1, 0.15) is 11.3 Å². The predicted molar refractivity (Wildman–Crippen MR) is 105 cm³/mol. The standard InChI is InChI=1S/C18H8ClF7N4O5/c19-10-4-11(20)12(28-15(31)6-14(18(24,25)26)29(27)16(28)32)5-13(10)35-9-2-7(17(21,22)23)1-8(3-9)30(33)34/h1-6H,27H2. The van der Waals surface area contributed by atoms with Crippen molar-refractivity contribution in [3.63, 3.8) is 0 Å². The molecule has 2 N–H and O–H groups in total. The van der Waals surface area contributed by atoms with E-state index in [1.807, 2.05) is 0 Å². The lowest BCUT2D eigenvalue weighted by Crippen LogP contribution is -2.45. The summed E-state index contributed by atoms with van der Waals surface area (Å²) in [7, 11) is 0. The number of ether oxygens (including phenoxy) is 1. The van der Waals surface area contributed by atoms with E-state index >= 15 is 0 Å². The van der Waals surface area contributed by atoms with Gasteiger partial charge < -0.3 is 10.6 Å². The van der Waals surface area contributed by atoms with E-state index in [1.54, 1.807) is 0 Å². The van der Waals surface area contributed by atoms with Crippen LogP contribution in [0.25, 0.3) is 5.69 Å². The monoisotopic (exact) mass is 528 g/mol. The average molecular weight is 529 g/mol. The smallest absolute Gasteiger partial charge is 0.433 e. The van der Waals surface area contributed by atoms with Gasteiger partial charge in [0.1, 0.15) is 17.3 Å². The van der Waals surface area contributed by atoms with E-state index in [-0.39, 0.29) is 16.7 Å². The van der Waals surface area contributed by atoms with Crippen molar-refractivity contribution in [3.8, 4) is 17.2 Å². The fourth-order valence-corrected chi connectivity index (χ4v) is 2.99. The van der Waals surface area contributed by atoms with Gasteiger partial charge in [-0.15, -0.1) is 0 Å². The largest absolute Gasteiger partial charge is 0.455 e. The lowest BCUT2D eigenvalue weighted by Gasteiger charge is -2.15. The fraction of sp³-hybridized carbons (Fsp3) is 0.111. The van der Waals surface area contributed by atoms with Crippen molar-refractivity contribution in [1.29, 1.82) is 0 Å². The first kappa shape index (κ1) is 25.5. The van der Waals surface area contributed by atoms with Gasteiger partial charge in [-0.2, -0.15) is 26.3 Å². The minimum absolute atomic E-state index is 0.0911. The summed E-state index contributed by atoms with van der Waals surface area (Å²) in [6, 6.07) is 2.01. The van der Waals surface area contributed by atoms with Crippen LogP contribution in [0.3, 0.4) is 0 Å². The number of aromatic nitrogens is 2. The second-order valence-corrected chi connectivity index (χ2v) is 7.07. The van der Waals surface area contributed by atoms with Gasteiger partial charge in [0.2, 0.25) is 0 Å². The number of non-ortho nitro benzene ring substituents is 1. The van der Waals surface area contributed by atoms with Crippen LogP contribution in [-0.2, 0) is 12.4 Å². The van der Waals surface area contributed by atoms with E-state index < -0.39 is 78.2 Å². The molecular formula is C18H8ClF7N4O5. The summed E-state index contributed by atoms with van der Waals surface area (Å²) in [6.07, 6.45) is -10.2. The molecule has 2 aromatic carbocycles. The van der Waals surface area contributed by atoms with Crippen molar-refractivity contribution >= 4 is 17.3 Å². The van der Waals surface area contributed by atoms with Gasteiger partial charge in [0, 0.05) is 18.2 Å². The molecule has 0 amide bonds. The quantitative estimate of drug-likeness (QED) is 0.234. The first-order valence-electron chi connectivity index (χ1n) is 8.76. The van der Waals surface area contributed by atoms with Crippen LogP contribution >= 0.6 is 11.6 Å². The summed E-state index contributed by atoms with van der Waals surface area (Å²) in [5, 5.41) is 10.4. The van der Waals surface area contributed by atoms with Crippen LogP contribution in [0.2, 0.25) is 5.02 Å². The van der Waals surface area contributed by atoms with Crippen LogP contribution in [0, 0.1) is 15.9 Å². The molecule has 0 bridgehead atoms. The third-order valence-electron chi connectivity index (χ3n) is 4.33. The number of rotatable bonds is 4. The molecule has 3 aromatic rings. The number of nitrogens with zero attached hydrogens (tertiary/aromatic N) is 3. The van der Waals surface area contributed by atoms with Crippen molar-refractivity contribution in [2.45, 2.75) is 12.4 Å². The third-order valence-corrected chi connectivity index (χ3v) is 4.62. The van der Waals surface area contributed by atoms with Crippen molar-refractivity contribution < 1.29 is 40.4 Å². The summed E-state index contributed by atoms with van der Waals surface area (Å²) < 4.78 is 97.2. The number of halogens is 8. The van der Waals surface area contributed by atoms with Crippen molar-refractivity contribution in [2.75, 3.05) is 5.84 Å². The van der Waals surface area contributed by atoms with E-state index in [0.29, 0.717) is 24.3 Å². The number of alkyl halides is 6. The minimum Gasteiger partial charge on any atom is -0.455 e. The fourth-order valence-electron chi connectivity index (χ4n) is 2.80. The SMILES string of the molecule is Nn1c(C(F)(F)F)cc(=O)n(-c2cc(Oc3cc([N+](=O)[O-])cc(C(F)(F)F)c3)c(Cl)cc2F)c1=O. The number of nitro groups is 1. The molecular weight excluding hydrogens is 521 g/mol. The van der Waals surface area contributed by atoms with Crippen LogP contribution in [0.5, 0.6) is 11.5 Å². The highest BCUT2D eigenvalue weighted by Gasteiger charge is 2.36. The zero-order chi connectivity index (χ0) is 26.5. The summed E-state index contributed by atoms with van der Waals surface area (Å²) in [5.74, 6) is 2.18. The number of hydrogen-bond donors (Lipinski definition) is 1. The zero-order valence-corrected chi connectivity index (χ0v) is 17.2. The molecule has 0 saturated heterocycles. The minimum atomic E-state index is -5.21. The van der Waals surface area contributed by atoms with Gasteiger partial charge in [0.15, 0.2) is 5.69 Å². The van der Waals surface area contributed by atoms with Gasteiger partial charge in [0.05, 0.1) is 27.3 Å². The molecule has 35 heavy (non-hydrogen) atoms. The molecule has 3 rings (SSSR count). The molecule has 0 aliphatic carbocycles. The molecule has 0 unspecified atom stereocenters. The summed E-state index contributed by atoms with van der Waals surface area (Å²) >= 11 is 5.80. The number of nitrogen functional groups attached to an aromatic ring is 1. The Labute approximate surface area is 192 Å². The number of hydrogen-bond acceptors (Lipinski definition) is 6. The third kappa shape index (κ3) is 5.06. The molecule has 17 heteroatoms. The highest BCUT2D eigenvalue weighted by molar-refractivity contribution is 6.32. The lowest BCUT2D eigenvalue weighted by atomic mass is 10.2. The molecule has 9 nitrogen and oxygen atoms in total. The van der Waals surface area contributed by atoms with Gasteiger partial charge in [-0.1, -0.05) is 11.6 Å². The molecule has 0 saturated carbocycles. The van der Waals surface area contributed by atoms with Crippen molar-refractivity contribution in [1.82, 2.24) is 9.24 Å². The maximum atomic E-state index is 14.5. The molecule has 0 aliphatic rings. The lowest BCUT2D eigenvalue weighted by molar-refractivity contribution is -0.385. The van der Waals surface area contributed by atoms with Gasteiger partial charge in [0.25, 0.3) is 11.2 Å². The van der Waals surface area contributed by atoms with Gasteiger partial charge >= 0.3 is 18.0 Å². The second-order valence-electron chi connectivity index (χ2n) is 6.66. The highest BCUT2D eigenvalue weighted by atomic mass is 35.5. The van der Waals surface area contributed by atoms with E-state index in [9.17, 15) is 50.4 Å². The highest BCUT2D eigenvalue weighted by Crippen LogP contribution is 2.38. The Kier molecular flexibility index (Phi) is 6.28. The van der Waals surface area contributed by atoms with Crippen molar-refractivity contribution in [3.05, 3.63) is 89.4 Å². The normalized spacial score (nSPS) is 12.0. The molecule has 1 heterocycles. The van der Waals surface area contributed by atoms with Crippen LogP contribution < -0.4 is 21.8 Å². The maximum Gasteiger partial charge on any atom is 0.433 e. The Bertz CT molecular complexity index is 1460.